The Morgan fingerprint density at radius 3 is 2.50 bits per heavy atom. The summed E-state index contributed by atoms with van der Waals surface area (Å²) in [6.07, 6.45) is 0. The molecule has 2 aromatic rings. The largest absolute Gasteiger partial charge is 0.465 e. The normalized spacial score (nSPS) is 9.95. The lowest BCUT2D eigenvalue weighted by atomic mass is 10.1. The predicted octanol–water partition coefficient (Wildman–Crippen LogP) is 4.24. The Kier molecular flexibility index (Phi) is 5.35. The fourth-order valence-electron chi connectivity index (χ4n) is 1.84. The third kappa shape index (κ3) is 3.96. The third-order valence-corrected chi connectivity index (χ3v) is 3.56. The molecule has 0 spiro atoms. The van der Waals surface area contributed by atoms with Crippen LogP contribution >= 0.6 is 23.8 Å². The molecule has 0 saturated carbocycles. The van der Waals surface area contributed by atoms with Crippen molar-refractivity contribution in [2.24, 2.45) is 0 Å². The first-order chi connectivity index (χ1) is 10.5. The molecule has 2 aromatic carbocycles. The number of carbonyl (C=O) groups is 1. The van der Waals surface area contributed by atoms with Gasteiger partial charge < -0.3 is 15.4 Å². The second kappa shape index (κ2) is 7.24. The minimum absolute atomic E-state index is 0.387. The molecule has 6 heteroatoms. The van der Waals surface area contributed by atoms with Crippen molar-refractivity contribution < 1.29 is 9.53 Å². The summed E-state index contributed by atoms with van der Waals surface area (Å²) >= 11 is 11.4. The molecule has 0 fully saturated rings. The van der Waals surface area contributed by atoms with E-state index in [-0.39, 0.29) is 0 Å². The Labute approximate surface area is 139 Å². The van der Waals surface area contributed by atoms with E-state index in [1.807, 2.05) is 31.2 Å². The molecule has 0 bridgehead atoms. The lowest BCUT2D eigenvalue weighted by Crippen LogP contribution is -2.20. The van der Waals surface area contributed by atoms with E-state index in [0.29, 0.717) is 21.4 Å². The van der Waals surface area contributed by atoms with Crippen LogP contribution in [0.5, 0.6) is 0 Å². The molecule has 0 aromatic heterocycles. The van der Waals surface area contributed by atoms with Crippen molar-refractivity contribution in [1.29, 1.82) is 0 Å². The molecule has 0 amide bonds. The van der Waals surface area contributed by atoms with E-state index in [1.165, 1.54) is 7.11 Å². The zero-order valence-corrected chi connectivity index (χ0v) is 13.7. The van der Waals surface area contributed by atoms with Gasteiger partial charge in [-0.15, -0.1) is 0 Å². The second-order valence-electron chi connectivity index (χ2n) is 4.58. The van der Waals surface area contributed by atoms with E-state index < -0.39 is 5.97 Å². The monoisotopic (exact) mass is 334 g/mol. The summed E-state index contributed by atoms with van der Waals surface area (Å²) in [5, 5.41) is 7.04. The first-order valence-electron chi connectivity index (χ1n) is 6.52. The average molecular weight is 335 g/mol. The van der Waals surface area contributed by atoms with Crippen LogP contribution in [0.15, 0.2) is 42.5 Å². The average Bonchev–Trinajstić information content (AvgIpc) is 2.51. The number of esters is 1. The highest BCUT2D eigenvalue weighted by molar-refractivity contribution is 7.80. The highest BCUT2D eigenvalue weighted by Crippen LogP contribution is 2.22. The van der Waals surface area contributed by atoms with Crippen LogP contribution in [0.2, 0.25) is 5.02 Å². The highest BCUT2D eigenvalue weighted by Gasteiger charge is 2.09. The molecule has 0 atom stereocenters. The number of halogens is 1. The van der Waals surface area contributed by atoms with E-state index in [9.17, 15) is 4.79 Å². The summed E-state index contributed by atoms with van der Waals surface area (Å²) in [6.45, 7) is 1.92. The second-order valence-corrected chi connectivity index (χ2v) is 5.40. The number of rotatable bonds is 3. The number of carbonyl (C=O) groups excluding carboxylic acids is 1. The number of benzene rings is 2. The van der Waals surface area contributed by atoms with E-state index in [1.54, 1.807) is 18.2 Å². The van der Waals surface area contributed by atoms with Gasteiger partial charge in [-0.05, 0) is 49.0 Å². The number of nitrogens with one attached hydrogen (secondary N) is 2. The number of hydrogen-bond donors (Lipinski definition) is 2. The Morgan fingerprint density at radius 2 is 1.82 bits per heavy atom. The SMILES string of the molecule is COC(=O)c1ccc(C)c(NC(=S)Nc2ccccc2Cl)c1. The number of ether oxygens (including phenoxy) is 1. The maximum atomic E-state index is 11.6. The van der Waals surface area contributed by atoms with Gasteiger partial charge in [0.15, 0.2) is 5.11 Å². The van der Waals surface area contributed by atoms with Gasteiger partial charge in [0, 0.05) is 5.69 Å². The highest BCUT2D eigenvalue weighted by atomic mass is 35.5. The number of hydrogen-bond acceptors (Lipinski definition) is 3. The summed E-state index contributed by atoms with van der Waals surface area (Å²) in [5.74, 6) is -0.395. The van der Waals surface area contributed by atoms with Crippen molar-refractivity contribution in [3.8, 4) is 0 Å². The van der Waals surface area contributed by atoms with Crippen molar-refractivity contribution in [3.05, 3.63) is 58.6 Å². The Hall–Kier alpha value is -2.11. The fraction of sp³-hybridized carbons (Fsp3) is 0.125. The number of methoxy groups -OCH3 is 1. The molecule has 0 aliphatic heterocycles. The van der Waals surface area contributed by atoms with E-state index in [4.69, 9.17) is 28.6 Å². The third-order valence-electron chi connectivity index (χ3n) is 3.03. The summed E-state index contributed by atoms with van der Waals surface area (Å²) in [5.41, 5.74) is 2.85. The van der Waals surface area contributed by atoms with Gasteiger partial charge in [0.1, 0.15) is 0 Å². The van der Waals surface area contributed by atoms with Crippen LogP contribution < -0.4 is 10.6 Å². The van der Waals surface area contributed by atoms with Gasteiger partial charge in [0.2, 0.25) is 0 Å². The molecule has 22 heavy (non-hydrogen) atoms. The first kappa shape index (κ1) is 16.3. The molecule has 0 saturated heterocycles. The molecule has 2 rings (SSSR count). The van der Waals surface area contributed by atoms with Crippen LogP contribution in [-0.2, 0) is 4.74 Å². The van der Waals surface area contributed by atoms with Gasteiger partial charge in [-0.1, -0.05) is 29.8 Å². The molecule has 0 radical (unpaired) electrons. The van der Waals surface area contributed by atoms with Crippen molar-refractivity contribution in [2.75, 3.05) is 17.7 Å². The van der Waals surface area contributed by atoms with Crippen molar-refractivity contribution >= 4 is 46.3 Å². The molecule has 2 N–H and O–H groups in total. The minimum atomic E-state index is -0.395. The lowest BCUT2D eigenvalue weighted by molar-refractivity contribution is 0.0601. The standard InChI is InChI=1S/C16H15ClN2O2S/c1-10-7-8-11(15(20)21-2)9-14(10)19-16(22)18-13-6-4-3-5-12(13)17/h3-9H,1-2H3,(H2,18,19,22). The number of thiocarbonyl (C=S) groups is 1. The smallest absolute Gasteiger partial charge is 0.337 e. The van der Waals surface area contributed by atoms with Gasteiger partial charge in [0.25, 0.3) is 0 Å². The van der Waals surface area contributed by atoms with Gasteiger partial charge in [-0.3, -0.25) is 0 Å². The predicted molar refractivity (Wildman–Crippen MR) is 93.8 cm³/mol. The molecule has 0 aliphatic rings. The van der Waals surface area contributed by atoms with Crippen LogP contribution in [0.4, 0.5) is 11.4 Å². The Morgan fingerprint density at radius 1 is 1.14 bits per heavy atom. The molecule has 0 aliphatic carbocycles. The van der Waals surface area contributed by atoms with Gasteiger partial charge in [-0.25, -0.2) is 4.79 Å². The quantitative estimate of drug-likeness (QED) is 0.649. The molecule has 0 unspecified atom stereocenters. The molecule has 0 heterocycles. The summed E-state index contributed by atoms with van der Waals surface area (Å²) in [4.78, 5) is 11.6. The van der Waals surface area contributed by atoms with Crippen LogP contribution in [0.25, 0.3) is 0 Å². The Bertz CT molecular complexity index is 719. The fourth-order valence-corrected chi connectivity index (χ4v) is 2.24. The zero-order chi connectivity index (χ0) is 16.1. The van der Waals surface area contributed by atoms with E-state index in [2.05, 4.69) is 10.6 Å². The molecular formula is C16H15ClN2O2S. The molecule has 4 nitrogen and oxygen atoms in total. The van der Waals surface area contributed by atoms with Crippen LogP contribution in [0.1, 0.15) is 15.9 Å². The maximum absolute atomic E-state index is 11.6. The van der Waals surface area contributed by atoms with Gasteiger partial charge in [0.05, 0.1) is 23.4 Å². The summed E-state index contributed by atoms with van der Waals surface area (Å²) in [7, 11) is 1.35. The topological polar surface area (TPSA) is 50.4 Å². The zero-order valence-electron chi connectivity index (χ0n) is 12.1. The maximum Gasteiger partial charge on any atom is 0.337 e. The van der Waals surface area contributed by atoms with Crippen LogP contribution in [0.3, 0.4) is 0 Å². The molecule has 114 valence electrons. The van der Waals surface area contributed by atoms with Crippen LogP contribution in [0, 0.1) is 6.92 Å². The summed E-state index contributed by atoms with van der Waals surface area (Å²) in [6, 6.07) is 12.5. The number of para-hydroxylation sites is 1. The van der Waals surface area contributed by atoms with Crippen molar-refractivity contribution in [1.82, 2.24) is 0 Å². The first-order valence-corrected chi connectivity index (χ1v) is 7.31. The van der Waals surface area contributed by atoms with Crippen LogP contribution in [-0.4, -0.2) is 18.2 Å². The number of aryl methyl sites for hydroxylation is 1. The van der Waals surface area contributed by atoms with Crippen molar-refractivity contribution in [3.63, 3.8) is 0 Å². The molecular weight excluding hydrogens is 320 g/mol. The van der Waals surface area contributed by atoms with Crippen molar-refractivity contribution in [2.45, 2.75) is 6.92 Å². The Balaban J connectivity index is 2.14. The van der Waals surface area contributed by atoms with Gasteiger partial charge in [-0.2, -0.15) is 0 Å². The summed E-state index contributed by atoms with van der Waals surface area (Å²) < 4.78 is 4.71. The lowest BCUT2D eigenvalue weighted by Gasteiger charge is -2.14. The van der Waals surface area contributed by atoms with Gasteiger partial charge >= 0.3 is 5.97 Å². The number of anilines is 2. The van der Waals surface area contributed by atoms with E-state index in [0.717, 1.165) is 11.3 Å². The minimum Gasteiger partial charge on any atom is -0.465 e. The van der Waals surface area contributed by atoms with E-state index >= 15 is 0 Å².